The molecular formula is C18H34FI. The fraction of sp³-hybridized carbons (Fsp3) is 1.00. The van der Waals surface area contributed by atoms with Crippen LogP contribution in [0.25, 0.3) is 0 Å². The fourth-order valence-electron chi connectivity index (χ4n) is 4.13. The third-order valence-electron chi connectivity index (χ3n) is 5.57. The molecule has 0 aromatic rings. The lowest BCUT2D eigenvalue weighted by Crippen LogP contribution is -2.46. The molecule has 0 amide bonds. The second kappa shape index (κ2) is 9.63. The van der Waals surface area contributed by atoms with Crippen molar-refractivity contribution in [3.63, 3.8) is 0 Å². The first-order valence-corrected chi connectivity index (χ1v) is 10.3. The summed E-state index contributed by atoms with van der Waals surface area (Å²) in [5, 5.41) is 0. The third-order valence-corrected chi connectivity index (χ3v) is 6.20. The molecule has 0 bridgehead atoms. The van der Waals surface area contributed by atoms with Crippen molar-refractivity contribution in [2.45, 2.75) is 78.8 Å². The molecule has 0 aliphatic heterocycles. The maximum absolute atomic E-state index is 14.0. The van der Waals surface area contributed by atoms with Crippen LogP contribution >= 0.6 is 22.6 Å². The predicted octanol–water partition coefficient (Wildman–Crippen LogP) is 6.66. The molecule has 0 spiro atoms. The Balaban J connectivity index is 2.47. The summed E-state index contributed by atoms with van der Waals surface area (Å²) in [5.41, 5.74) is 0. The minimum Gasteiger partial charge on any atom is -0.247 e. The zero-order valence-corrected chi connectivity index (χ0v) is 16.0. The average molecular weight is 396 g/mol. The second-order valence-corrected chi connectivity index (χ2v) is 8.17. The minimum atomic E-state index is -0.512. The van der Waals surface area contributed by atoms with E-state index in [1.807, 2.05) is 0 Å². The molecule has 20 heavy (non-hydrogen) atoms. The molecule has 1 saturated carbocycles. The maximum Gasteiger partial charge on any atom is 0.104 e. The Morgan fingerprint density at radius 2 is 1.80 bits per heavy atom. The molecular weight excluding hydrogens is 362 g/mol. The summed E-state index contributed by atoms with van der Waals surface area (Å²) in [5.74, 6) is 3.22. The van der Waals surface area contributed by atoms with Gasteiger partial charge in [0.2, 0.25) is 0 Å². The normalized spacial score (nSPS) is 30.6. The van der Waals surface area contributed by atoms with E-state index in [1.165, 1.54) is 43.0 Å². The van der Waals surface area contributed by atoms with Gasteiger partial charge in [-0.25, -0.2) is 4.39 Å². The van der Waals surface area contributed by atoms with Crippen molar-refractivity contribution in [2.75, 3.05) is 4.43 Å². The van der Waals surface area contributed by atoms with E-state index in [1.54, 1.807) is 0 Å². The lowest BCUT2D eigenvalue weighted by molar-refractivity contribution is -0.0432. The largest absolute Gasteiger partial charge is 0.247 e. The Morgan fingerprint density at radius 1 is 1.10 bits per heavy atom. The van der Waals surface area contributed by atoms with E-state index in [2.05, 4.69) is 50.3 Å². The molecule has 1 aliphatic rings. The van der Waals surface area contributed by atoms with Gasteiger partial charge in [-0.2, -0.15) is 0 Å². The smallest absolute Gasteiger partial charge is 0.104 e. The Hall–Kier alpha value is 0.660. The van der Waals surface area contributed by atoms with Crippen molar-refractivity contribution >= 4 is 22.6 Å². The third kappa shape index (κ3) is 5.14. The van der Waals surface area contributed by atoms with Crippen LogP contribution in [0.15, 0.2) is 0 Å². The molecule has 0 saturated heterocycles. The summed E-state index contributed by atoms with van der Waals surface area (Å²) < 4.78 is 15.3. The molecule has 0 N–H and O–H groups in total. The van der Waals surface area contributed by atoms with Crippen molar-refractivity contribution in [3.05, 3.63) is 0 Å². The highest BCUT2D eigenvalue weighted by molar-refractivity contribution is 14.1. The Labute approximate surface area is 139 Å². The van der Waals surface area contributed by atoms with Crippen molar-refractivity contribution in [1.29, 1.82) is 0 Å². The van der Waals surface area contributed by atoms with Gasteiger partial charge in [-0.15, -0.1) is 0 Å². The van der Waals surface area contributed by atoms with Crippen LogP contribution in [0.1, 0.15) is 72.6 Å². The number of alkyl halides is 2. The van der Waals surface area contributed by atoms with Gasteiger partial charge in [0.25, 0.3) is 0 Å². The summed E-state index contributed by atoms with van der Waals surface area (Å²) >= 11 is 2.48. The van der Waals surface area contributed by atoms with Crippen LogP contribution in [0.5, 0.6) is 0 Å². The van der Waals surface area contributed by atoms with Crippen molar-refractivity contribution in [1.82, 2.24) is 0 Å². The monoisotopic (exact) mass is 396 g/mol. The molecule has 1 rings (SSSR count). The molecule has 0 radical (unpaired) electrons. The van der Waals surface area contributed by atoms with Crippen molar-refractivity contribution in [2.24, 2.45) is 29.6 Å². The van der Waals surface area contributed by atoms with Crippen LogP contribution in [0.4, 0.5) is 4.39 Å². The van der Waals surface area contributed by atoms with Crippen LogP contribution in [-0.2, 0) is 0 Å². The van der Waals surface area contributed by atoms with Gasteiger partial charge >= 0.3 is 0 Å². The van der Waals surface area contributed by atoms with Crippen LogP contribution < -0.4 is 0 Å². The molecule has 1 aliphatic carbocycles. The van der Waals surface area contributed by atoms with Gasteiger partial charge in [-0.3, -0.25) is 0 Å². The Bertz CT molecular complexity index is 256. The molecule has 2 heteroatoms. The first kappa shape index (κ1) is 18.7. The number of rotatable bonds is 10. The topological polar surface area (TPSA) is 0 Å². The van der Waals surface area contributed by atoms with E-state index in [-0.39, 0.29) is 0 Å². The average Bonchev–Trinajstić information content (AvgIpc) is 2.38. The second-order valence-electron chi connectivity index (χ2n) is 7.09. The van der Waals surface area contributed by atoms with Gasteiger partial charge < -0.3 is 0 Å². The first-order chi connectivity index (χ1) is 9.54. The van der Waals surface area contributed by atoms with Crippen LogP contribution in [0.2, 0.25) is 0 Å². The maximum atomic E-state index is 14.0. The molecule has 6 unspecified atom stereocenters. The highest BCUT2D eigenvalue weighted by Gasteiger charge is 2.46. The van der Waals surface area contributed by atoms with Crippen LogP contribution in [-0.4, -0.2) is 10.6 Å². The van der Waals surface area contributed by atoms with Gasteiger partial charge in [0.05, 0.1) is 0 Å². The Kier molecular flexibility index (Phi) is 9.01. The molecule has 1 fully saturated rings. The van der Waals surface area contributed by atoms with E-state index >= 15 is 0 Å². The molecule has 0 heterocycles. The van der Waals surface area contributed by atoms with Gasteiger partial charge in [0.15, 0.2) is 0 Å². The summed E-state index contributed by atoms with van der Waals surface area (Å²) in [6, 6.07) is 0. The molecule has 120 valence electrons. The predicted molar refractivity (Wildman–Crippen MR) is 96.2 cm³/mol. The Morgan fingerprint density at radius 3 is 2.30 bits per heavy atom. The molecule has 0 aromatic heterocycles. The zero-order valence-electron chi connectivity index (χ0n) is 13.9. The molecule has 6 atom stereocenters. The van der Waals surface area contributed by atoms with Crippen molar-refractivity contribution in [3.8, 4) is 0 Å². The van der Waals surface area contributed by atoms with E-state index in [0.29, 0.717) is 17.8 Å². The van der Waals surface area contributed by atoms with E-state index < -0.39 is 6.17 Å². The summed E-state index contributed by atoms with van der Waals surface area (Å²) in [6.07, 6.45) is 7.96. The fourth-order valence-corrected chi connectivity index (χ4v) is 5.19. The summed E-state index contributed by atoms with van der Waals surface area (Å²) in [7, 11) is 0. The lowest BCUT2D eigenvalue weighted by Gasteiger charge is -2.48. The number of hydrogen-bond donors (Lipinski definition) is 0. The molecule has 0 aromatic carbocycles. The lowest BCUT2D eigenvalue weighted by atomic mass is 9.59. The SMILES string of the molecule is CCCC(C)C1C(F)CC1C(CC)CCC(C)CCI. The highest BCUT2D eigenvalue weighted by atomic mass is 127. The van der Waals surface area contributed by atoms with Gasteiger partial charge in [-0.05, 0) is 53.3 Å². The molecule has 0 nitrogen and oxygen atoms in total. The van der Waals surface area contributed by atoms with Crippen LogP contribution in [0, 0.1) is 29.6 Å². The van der Waals surface area contributed by atoms with Crippen molar-refractivity contribution < 1.29 is 4.39 Å². The highest BCUT2D eigenvalue weighted by Crippen LogP contribution is 2.49. The zero-order chi connectivity index (χ0) is 15.1. The first-order valence-electron chi connectivity index (χ1n) is 8.75. The number of halogens is 2. The van der Waals surface area contributed by atoms with Gasteiger partial charge in [0, 0.05) is 0 Å². The standard InChI is InChI=1S/C18H34FI/c1-5-7-14(4)18-16(12-17(18)19)15(6-2)9-8-13(3)10-11-20/h13-18H,5-12H2,1-4H3. The van der Waals surface area contributed by atoms with Gasteiger partial charge in [-0.1, -0.05) is 76.0 Å². The number of hydrogen-bond acceptors (Lipinski definition) is 0. The van der Waals surface area contributed by atoms with Crippen LogP contribution in [0.3, 0.4) is 0 Å². The van der Waals surface area contributed by atoms with E-state index in [0.717, 1.165) is 18.3 Å². The van der Waals surface area contributed by atoms with Gasteiger partial charge in [0.1, 0.15) is 6.17 Å². The summed E-state index contributed by atoms with van der Waals surface area (Å²) in [4.78, 5) is 0. The van der Waals surface area contributed by atoms with E-state index in [4.69, 9.17) is 0 Å². The minimum absolute atomic E-state index is 0.361. The quantitative estimate of drug-likeness (QED) is 0.286. The van der Waals surface area contributed by atoms with E-state index in [9.17, 15) is 4.39 Å². The summed E-state index contributed by atoms with van der Waals surface area (Å²) in [6.45, 7) is 9.18.